The Morgan fingerprint density at radius 3 is 3.08 bits per heavy atom. The van der Waals surface area contributed by atoms with E-state index in [0.29, 0.717) is 0 Å². The van der Waals surface area contributed by atoms with Gasteiger partial charge in [0.25, 0.3) is 0 Å². The molecule has 2 aromatic rings. The van der Waals surface area contributed by atoms with E-state index in [1.165, 1.54) is 10.8 Å². The molecular weight excluding hydrogens is 148 g/mol. The summed E-state index contributed by atoms with van der Waals surface area (Å²) in [5.74, 6) is 0. The summed E-state index contributed by atoms with van der Waals surface area (Å²) in [7, 11) is 0. The van der Waals surface area contributed by atoms with Gasteiger partial charge in [0.05, 0.1) is 5.69 Å². The van der Waals surface area contributed by atoms with Crippen LogP contribution in [-0.2, 0) is 0 Å². The highest BCUT2D eigenvalue weighted by molar-refractivity contribution is 6.10. The van der Waals surface area contributed by atoms with Gasteiger partial charge in [0, 0.05) is 34.9 Å². The Bertz CT molecular complexity index is 445. The van der Waals surface area contributed by atoms with E-state index in [4.69, 9.17) is 0 Å². The molecule has 0 radical (unpaired) electrons. The van der Waals surface area contributed by atoms with Crippen molar-refractivity contribution < 1.29 is 0 Å². The number of aromatic nitrogens is 1. The molecule has 0 amide bonds. The van der Waals surface area contributed by atoms with Crippen molar-refractivity contribution >= 4 is 22.7 Å². The summed E-state index contributed by atoms with van der Waals surface area (Å²) in [6.45, 7) is 0. The molecule has 0 bridgehead atoms. The molecule has 0 saturated heterocycles. The van der Waals surface area contributed by atoms with Crippen LogP contribution in [0, 0.1) is 0 Å². The van der Waals surface area contributed by atoms with Gasteiger partial charge in [0.2, 0.25) is 0 Å². The van der Waals surface area contributed by atoms with E-state index < -0.39 is 0 Å². The molecule has 2 nitrogen and oxygen atoms in total. The van der Waals surface area contributed by atoms with Crippen molar-refractivity contribution in [2.24, 2.45) is 4.99 Å². The third kappa shape index (κ3) is 0.593. The molecule has 0 fully saturated rings. The van der Waals surface area contributed by atoms with Crippen molar-refractivity contribution in [2.75, 3.05) is 0 Å². The van der Waals surface area contributed by atoms with Crippen LogP contribution in [-0.4, -0.2) is 11.2 Å². The fraction of sp³-hybridized carbons (Fsp3) is 0. The molecule has 3 rings (SSSR count). The molecule has 0 unspecified atom stereocenters. The van der Waals surface area contributed by atoms with Gasteiger partial charge in [-0.2, -0.15) is 0 Å². The predicted molar refractivity (Wildman–Crippen MR) is 49.0 cm³/mol. The Kier molecular flexibility index (Phi) is 0.939. The number of aliphatic imine (C=N–C) groups is 1. The molecule has 1 aliphatic heterocycles. The second kappa shape index (κ2) is 1.91. The first-order valence-electron chi connectivity index (χ1n) is 3.86. The molecule has 0 atom stereocenters. The van der Waals surface area contributed by atoms with Crippen LogP contribution in [0.25, 0.3) is 10.8 Å². The molecule has 1 aromatic carbocycles. The Morgan fingerprint density at radius 1 is 1.08 bits per heavy atom. The Hall–Kier alpha value is -1.70. The second-order valence-corrected chi connectivity index (χ2v) is 2.86. The Labute approximate surface area is 69.6 Å². The van der Waals surface area contributed by atoms with Gasteiger partial charge >= 0.3 is 0 Å². The summed E-state index contributed by atoms with van der Waals surface area (Å²) in [5.41, 5.74) is 2.19. The zero-order chi connectivity index (χ0) is 7.97. The van der Waals surface area contributed by atoms with E-state index in [-0.39, 0.29) is 0 Å². The minimum atomic E-state index is 1.06. The van der Waals surface area contributed by atoms with E-state index >= 15 is 0 Å². The topological polar surface area (TPSA) is 25.2 Å². The summed E-state index contributed by atoms with van der Waals surface area (Å²) in [5, 5.41) is 2.40. The normalized spacial score (nSPS) is 12.7. The lowest BCUT2D eigenvalue weighted by molar-refractivity contribution is 1.36. The summed E-state index contributed by atoms with van der Waals surface area (Å²) in [6, 6.07) is 6.09. The van der Waals surface area contributed by atoms with Crippen molar-refractivity contribution in [3.05, 3.63) is 36.2 Å². The standard InChI is InChI=1S/C10H6N2/c1-2-7-4-11-5-8-6-12-9(3-1)10(7)8/h1-6H. The van der Waals surface area contributed by atoms with Gasteiger partial charge in [-0.25, -0.2) is 0 Å². The van der Waals surface area contributed by atoms with Crippen molar-refractivity contribution in [3.63, 3.8) is 0 Å². The molecule has 0 aliphatic carbocycles. The SMILES string of the molecule is C1=Nc2cccc3cncc1c23. The molecule has 0 saturated carbocycles. The first-order valence-corrected chi connectivity index (χ1v) is 3.86. The lowest BCUT2D eigenvalue weighted by Crippen LogP contribution is -1.80. The second-order valence-electron chi connectivity index (χ2n) is 2.86. The highest BCUT2D eigenvalue weighted by atomic mass is 14.8. The van der Waals surface area contributed by atoms with E-state index in [0.717, 1.165) is 11.3 Å². The summed E-state index contributed by atoms with van der Waals surface area (Å²) in [4.78, 5) is 8.40. The molecule has 0 spiro atoms. The fourth-order valence-electron chi connectivity index (χ4n) is 1.59. The van der Waals surface area contributed by atoms with E-state index in [2.05, 4.69) is 16.0 Å². The summed E-state index contributed by atoms with van der Waals surface area (Å²) in [6.07, 6.45) is 5.59. The van der Waals surface area contributed by atoms with Crippen LogP contribution in [0.1, 0.15) is 5.56 Å². The largest absolute Gasteiger partial charge is 0.263 e. The minimum absolute atomic E-state index is 1.06. The van der Waals surface area contributed by atoms with Crippen molar-refractivity contribution in [3.8, 4) is 0 Å². The van der Waals surface area contributed by atoms with Crippen LogP contribution in [0.5, 0.6) is 0 Å². The van der Waals surface area contributed by atoms with Gasteiger partial charge < -0.3 is 0 Å². The molecule has 0 N–H and O–H groups in total. The maximum Gasteiger partial charge on any atom is 0.0715 e. The minimum Gasteiger partial charge on any atom is -0.263 e. The average Bonchev–Trinajstić information content (AvgIpc) is 2.52. The van der Waals surface area contributed by atoms with Crippen LogP contribution < -0.4 is 0 Å². The van der Waals surface area contributed by atoms with E-state index in [1.807, 2.05) is 30.7 Å². The van der Waals surface area contributed by atoms with Gasteiger partial charge in [-0.3, -0.25) is 9.98 Å². The van der Waals surface area contributed by atoms with Crippen LogP contribution in [0.2, 0.25) is 0 Å². The number of benzene rings is 1. The van der Waals surface area contributed by atoms with Gasteiger partial charge in [0.1, 0.15) is 0 Å². The van der Waals surface area contributed by atoms with Gasteiger partial charge in [0.15, 0.2) is 0 Å². The summed E-state index contributed by atoms with van der Waals surface area (Å²) >= 11 is 0. The number of hydrogen-bond acceptors (Lipinski definition) is 2. The zero-order valence-corrected chi connectivity index (χ0v) is 6.36. The van der Waals surface area contributed by atoms with Crippen molar-refractivity contribution in [1.82, 2.24) is 4.98 Å². The Morgan fingerprint density at radius 2 is 2.08 bits per heavy atom. The van der Waals surface area contributed by atoms with Crippen LogP contribution in [0.15, 0.2) is 35.6 Å². The molecule has 12 heavy (non-hydrogen) atoms. The van der Waals surface area contributed by atoms with Gasteiger partial charge in [-0.05, 0) is 6.07 Å². The number of rotatable bonds is 0. The molecule has 2 heteroatoms. The van der Waals surface area contributed by atoms with Crippen LogP contribution >= 0.6 is 0 Å². The fourth-order valence-corrected chi connectivity index (χ4v) is 1.59. The smallest absolute Gasteiger partial charge is 0.0715 e. The monoisotopic (exact) mass is 154 g/mol. The number of hydrogen-bond donors (Lipinski definition) is 0. The molecule has 1 aliphatic rings. The number of pyridine rings is 1. The highest BCUT2D eigenvalue weighted by Crippen LogP contribution is 2.31. The lowest BCUT2D eigenvalue weighted by Gasteiger charge is -1.97. The predicted octanol–water partition coefficient (Wildman–Crippen LogP) is 2.30. The number of nitrogens with zero attached hydrogens (tertiary/aromatic N) is 2. The maximum atomic E-state index is 4.28. The molecule has 2 heterocycles. The van der Waals surface area contributed by atoms with Crippen molar-refractivity contribution in [1.29, 1.82) is 0 Å². The third-order valence-electron chi connectivity index (χ3n) is 2.13. The molecule has 1 aromatic heterocycles. The zero-order valence-electron chi connectivity index (χ0n) is 6.36. The van der Waals surface area contributed by atoms with Crippen LogP contribution in [0.4, 0.5) is 5.69 Å². The summed E-state index contributed by atoms with van der Waals surface area (Å²) < 4.78 is 0. The molecular formula is C10H6N2. The van der Waals surface area contributed by atoms with E-state index in [9.17, 15) is 0 Å². The first kappa shape index (κ1) is 5.89. The first-order chi connectivity index (χ1) is 5.95. The van der Waals surface area contributed by atoms with Crippen molar-refractivity contribution in [2.45, 2.75) is 0 Å². The Balaban J connectivity index is 2.64. The maximum absolute atomic E-state index is 4.28. The van der Waals surface area contributed by atoms with Gasteiger partial charge in [-0.1, -0.05) is 12.1 Å². The third-order valence-corrected chi connectivity index (χ3v) is 2.13. The average molecular weight is 154 g/mol. The molecule has 56 valence electrons. The quantitative estimate of drug-likeness (QED) is 0.487. The van der Waals surface area contributed by atoms with Gasteiger partial charge in [-0.15, -0.1) is 0 Å². The lowest BCUT2D eigenvalue weighted by atomic mass is 10.1. The van der Waals surface area contributed by atoms with E-state index in [1.54, 1.807) is 0 Å². The van der Waals surface area contributed by atoms with Crippen LogP contribution in [0.3, 0.4) is 0 Å². The highest BCUT2D eigenvalue weighted by Gasteiger charge is 2.08.